The highest BCUT2D eigenvalue weighted by Gasteiger charge is 2.46. The first kappa shape index (κ1) is 16.9. The van der Waals surface area contributed by atoms with E-state index in [2.05, 4.69) is 31.4 Å². The molecule has 0 heterocycles. The van der Waals surface area contributed by atoms with Crippen LogP contribution in [0.25, 0.3) is 0 Å². The molecule has 0 saturated heterocycles. The average Bonchev–Trinajstić information content (AvgIpc) is 2.38. The van der Waals surface area contributed by atoms with Crippen LogP contribution in [0.5, 0.6) is 0 Å². The third-order valence-corrected chi connectivity index (χ3v) is 5.81. The maximum atomic E-state index is 12.6. The molecule has 1 unspecified atom stereocenters. The summed E-state index contributed by atoms with van der Waals surface area (Å²) in [6.07, 6.45) is 2.08. The molecule has 1 aromatic rings. The molecule has 1 fully saturated rings. The molecule has 2 rings (SSSR count). The monoisotopic (exact) mass is 295 g/mol. The number of ketones is 1. The van der Waals surface area contributed by atoms with Crippen molar-refractivity contribution in [3.8, 4) is 0 Å². The number of rotatable bonds is 1. The summed E-state index contributed by atoms with van der Waals surface area (Å²) in [6.45, 7) is 0. The number of carbonyl (C=O) groups excluding carboxylic acids is 1. The Bertz CT molecular complexity index is 606. The number of halogens is 1. The van der Waals surface area contributed by atoms with Crippen molar-refractivity contribution in [2.45, 2.75) is 30.0 Å². The van der Waals surface area contributed by atoms with Crippen molar-refractivity contribution in [3.05, 3.63) is 10.6 Å². The Kier molecular flexibility index (Phi) is 4.27. The minimum atomic E-state index is -0.952. The number of hydrogen-bond acceptors (Lipinski definition) is 2. The zero-order valence-electron chi connectivity index (χ0n) is 14.0. The van der Waals surface area contributed by atoms with Crippen LogP contribution in [0.2, 0.25) is 10.2 Å². The second-order valence-electron chi connectivity index (χ2n) is 7.42. The lowest BCUT2D eigenvalue weighted by atomic mass is 9.44. The Morgan fingerprint density at radius 2 is 1.52 bits per heavy atom. The maximum Gasteiger partial charge on any atom is 0.157 e. The Labute approximate surface area is 137 Å². The normalized spacial score (nSPS) is 25.0. The molecule has 9 heteroatoms. The third-order valence-electron chi connectivity index (χ3n) is 5.34. The maximum absolute atomic E-state index is 12.6. The summed E-state index contributed by atoms with van der Waals surface area (Å²) >= 11 is 6.62. The standard InChI is InChI=1S/C12H20B6ClNO/c13-6-5(10(19)9(16)8(15)7(6)14)12(20)3-11(17,18)2-1-4(12)21/h1-3,13-18,20H2. The number of nitrogens with two attached hydrogens (primary N) is 1. The number of carbonyl (C=O) groups is 1. The van der Waals surface area contributed by atoms with Gasteiger partial charge in [-0.25, -0.2) is 0 Å². The van der Waals surface area contributed by atoms with Gasteiger partial charge in [0.1, 0.15) is 36.9 Å². The van der Waals surface area contributed by atoms with Gasteiger partial charge in [-0.1, -0.05) is 34.2 Å². The highest BCUT2D eigenvalue weighted by atomic mass is 35.5. The summed E-state index contributed by atoms with van der Waals surface area (Å²) in [4.78, 5) is 12.6. The van der Waals surface area contributed by atoms with Gasteiger partial charge in [0.05, 0.1) is 15.7 Å². The molecule has 1 saturated carbocycles. The van der Waals surface area contributed by atoms with Gasteiger partial charge < -0.3 is 5.73 Å². The van der Waals surface area contributed by atoms with Crippen molar-refractivity contribution in [3.63, 3.8) is 0 Å². The molecule has 2 nitrogen and oxygen atoms in total. The third kappa shape index (κ3) is 2.66. The van der Waals surface area contributed by atoms with Crippen LogP contribution in [-0.2, 0) is 10.3 Å². The molecular weight excluding hydrogens is 274 g/mol. The largest absolute Gasteiger partial charge is 0.315 e. The second kappa shape index (κ2) is 5.31. The molecule has 0 spiro atoms. The van der Waals surface area contributed by atoms with Crippen LogP contribution in [0.4, 0.5) is 0 Å². The molecule has 21 heavy (non-hydrogen) atoms. The van der Waals surface area contributed by atoms with E-state index < -0.39 is 5.54 Å². The fraction of sp³-hybridized carbons (Fsp3) is 0.417. The molecule has 1 atom stereocenters. The van der Waals surface area contributed by atoms with Crippen molar-refractivity contribution >= 4 is 86.3 Å². The molecule has 1 aliphatic rings. The van der Waals surface area contributed by atoms with E-state index in [9.17, 15) is 4.79 Å². The second-order valence-corrected chi connectivity index (χ2v) is 7.80. The van der Waals surface area contributed by atoms with Crippen molar-refractivity contribution in [2.75, 3.05) is 0 Å². The topological polar surface area (TPSA) is 43.1 Å². The SMILES string of the molecule is Bc1c(B)c(B)c(C2(N)CC(B)(B)CCC2=O)c(Cl)c1B. The average molecular weight is 295 g/mol. The smallest absolute Gasteiger partial charge is 0.157 e. The van der Waals surface area contributed by atoms with Gasteiger partial charge in [-0.05, 0) is 12.0 Å². The first-order chi connectivity index (χ1) is 9.51. The van der Waals surface area contributed by atoms with Gasteiger partial charge >= 0.3 is 0 Å². The van der Waals surface area contributed by atoms with E-state index in [4.69, 9.17) is 17.3 Å². The van der Waals surface area contributed by atoms with Gasteiger partial charge in [0, 0.05) is 11.4 Å². The van der Waals surface area contributed by atoms with Crippen LogP contribution in [0.15, 0.2) is 0 Å². The van der Waals surface area contributed by atoms with Gasteiger partial charge in [-0.3, -0.25) is 4.79 Å². The van der Waals surface area contributed by atoms with Gasteiger partial charge in [0.2, 0.25) is 0 Å². The fourth-order valence-electron chi connectivity index (χ4n) is 3.64. The van der Waals surface area contributed by atoms with Crippen LogP contribution in [0, 0.1) is 0 Å². The number of benzene rings is 1. The molecule has 0 amide bonds. The lowest BCUT2D eigenvalue weighted by molar-refractivity contribution is -0.126. The van der Waals surface area contributed by atoms with Crippen LogP contribution < -0.4 is 27.6 Å². The zero-order chi connectivity index (χ0) is 16.2. The first-order valence-corrected chi connectivity index (χ1v) is 7.97. The zero-order valence-corrected chi connectivity index (χ0v) is 14.7. The predicted octanol–water partition coefficient (Wildman–Crippen LogP) is -6.34. The van der Waals surface area contributed by atoms with E-state index in [1.54, 1.807) is 0 Å². The molecule has 2 N–H and O–H groups in total. The summed E-state index contributed by atoms with van der Waals surface area (Å²) in [5.74, 6) is 0.120. The Balaban J connectivity index is 2.73. The van der Waals surface area contributed by atoms with E-state index in [0.29, 0.717) is 17.9 Å². The quantitative estimate of drug-likeness (QED) is 0.524. The minimum Gasteiger partial charge on any atom is -0.315 e. The van der Waals surface area contributed by atoms with Gasteiger partial charge in [-0.2, -0.15) is 0 Å². The summed E-state index contributed by atoms with van der Waals surface area (Å²) in [5.41, 5.74) is 11.0. The lowest BCUT2D eigenvalue weighted by Crippen LogP contribution is -2.58. The molecule has 0 radical (unpaired) electrons. The Morgan fingerprint density at radius 1 is 1.00 bits per heavy atom. The van der Waals surface area contributed by atoms with Crippen LogP contribution in [-0.4, -0.2) is 52.9 Å². The van der Waals surface area contributed by atoms with Crippen molar-refractivity contribution < 1.29 is 4.79 Å². The molecule has 0 bridgehead atoms. The summed E-state index contributed by atoms with van der Waals surface area (Å²) < 4.78 is 0. The van der Waals surface area contributed by atoms with E-state index in [-0.39, 0.29) is 11.0 Å². The molecular formula is C12H20B6ClNO. The van der Waals surface area contributed by atoms with E-state index in [1.165, 1.54) is 10.9 Å². The van der Waals surface area contributed by atoms with Gasteiger partial charge in [-0.15, -0.1) is 10.9 Å². The van der Waals surface area contributed by atoms with E-state index in [1.807, 2.05) is 15.7 Å². The Morgan fingerprint density at radius 3 is 2.10 bits per heavy atom. The van der Waals surface area contributed by atoms with Crippen LogP contribution in [0.3, 0.4) is 0 Å². The number of Topliss-reactive ketones (excluding diaryl/α,β-unsaturated/α-hetero) is 1. The van der Waals surface area contributed by atoms with E-state index in [0.717, 1.165) is 22.9 Å². The molecule has 1 aromatic carbocycles. The molecule has 0 aromatic heterocycles. The molecule has 1 aliphatic carbocycles. The molecule has 0 aliphatic heterocycles. The summed E-state index contributed by atoms with van der Waals surface area (Å²) in [7, 11) is 12.6. The van der Waals surface area contributed by atoms with Crippen molar-refractivity contribution in [2.24, 2.45) is 5.73 Å². The predicted molar refractivity (Wildman–Crippen MR) is 109 cm³/mol. The van der Waals surface area contributed by atoms with Crippen molar-refractivity contribution in [1.82, 2.24) is 0 Å². The van der Waals surface area contributed by atoms with E-state index >= 15 is 0 Å². The summed E-state index contributed by atoms with van der Waals surface area (Å²) in [5, 5.41) is 0.731. The Hall–Kier alpha value is -0.470. The van der Waals surface area contributed by atoms with Gasteiger partial charge in [0.15, 0.2) is 5.78 Å². The fourth-order valence-corrected chi connectivity index (χ4v) is 4.09. The highest BCUT2D eigenvalue weighted by Crippen LogP contribution is 2.44. The van der Waals surface area contributed by atoms with Gasteiger partial charge in [0.25, 0.3) is 0 Å². The first-order valence-electron chi connectivity index (χ1n) is 7.60. The van der Waals surface area contributed by atoms with Crippen molar-refractivity contribution in [1.29, 1.82) is 0 Å². The van der Waals surface area contributed by atoms with Crippen LogP contribution in [0.1, 0.15) is 24.8 Å². The molecule has 104 valence electrons. The van der Waals surface area contributed by atoms with Crippen LogP contribution >= 0.6 is 11.6 Å². The lowest BCUT2D eigenvalue weighted by Gasteiger charge is -2.43. The summed E-state index contributed by atoms with van der Waals surface area (Å²) in [6, 6.07) is 0. The minimum absolute atomic E-state index is 0.0606. The number of hydrogen-bond donors (Lipinski definition) is 1. The highest BCUT2D eigenvalue weighted by molar-refractivity contribution is 6.65.